The number of nitrogens with two attached hydrogens (primary N) is 1. The molecule has 4 nitrogen and oxygen atoms in total. The quantitative estimate of drug-likeness (QED) is 0.917. The molecule has 1 heterocycles. The largest absolute Gasteiger partial charge is 0.431 e. The number of amides is 1. The lowest BCUT2D eigenvalue weighted by molar-refractivity contribution is -0.0189. The Balaban J connectivity index is 2.18. The van der Waals surface area contributed by atoms with Crippen LogP contribution in [0.3, 0.4) is 0 Å². The lowest BCUT2D eigenvalue weighted by Crippen LogP contribution is -2.44. The van der Waals surface area contributed by atoms with Crippen molar-refractivity contribution in [2.75, 3.05) is 0 Å². The molecule has 126 valence electrons. The van der Waals surface area contributed by atoms with Crippen molar-refractivity contribution in [2.24, 2.45) is 11.7 Å². The molecule has 5 heteroatoms. The lowest BCUT2D eigenvalue weighted by atomic mass is 9.71. The van der Waals surface area contributed by atoms with Crippen molar-refractivity contribution in [1.29, 1.82) is 0 Å². The smallest absolute Gasteiger partial charge is 0.405 e. The summed E-state index contributed by atoms with van der Waals surface area (Å²) in [4.78, 5) is 16.2. The highest BCUT2D eigenvalue weighted by Gasteiger charge is 2.47. The van der Waals surface area contributed by atoms with Gasteiger partial charge in [0.15, 0.2) is 5.60 Å². The van der Waals surface area contributed by atoms with Crippen LogP contribution in [0.2, 0.25) is 0 Å². The van der Waals surface area contributed by atoms with Crippen LogP contribution in [0.1, 0.15) is 43.4 Å². The number of nitrogens with zero attached hydrogens (tertiary/aromatic N) is 1. The minimum absolute atomic E-state index is 0.0547. The van der Waals surface area contributed by atoms with Gasteiger partial charge in [-0.05, 0) is 37.1 Å². The molecule has 1 amide bonds. The maximum Gasteiger partial charge on any atom is 0.405 e. The Hall–Kier alpha value is -2.43. The van der Waals surface area contributed by atoms with Gasteiger partial charge in [0.05, 0.1) is 5.69 Å². The summed E-state index contributed by atoms with van der Waals surface area (Å²) in [7, 11) is 0. The summed E-state index contributed by atoms with van der Waals surface area (Å²) in [5.41, 5.74) is 5.67. The number of carbonyl (C=O) groups excluding carboxylic acids is 1. The molecule has 0 saturated heterocycles. The fourth-order valence-electron chi connectivity index (χ4n) is 3.73. The van der Waals surface area contributed by atoms with E-state index in [0.717, 1.165) is 32.1 Å². The summed E-state index contributed by atoms with van der Waals surface area (Å²) in [5, 5.41) is 0. The van der Waals surface area contributed by atoms with E-state index in [1.165, 1.54) is 12.1 Å². The first-order valence-corrected chi connectivity index (χ1v) is 8.29. The third kappa shape index (κ3) is 3.11. The fraction of sp³-hybridized carbons (Fsp3) is 0.368. The molecule has 24 heavy (non-hydrogen) atoms. The number of primary amides is 1. The molecule has 0 radical (unpaired) electrons. The second kappa shape index (κ2) is 6.99. The van der Waals surface area contributed by atoms with Crippen molar-refractivity contribution in [3.63, 3.8) is 0 Å². The number of hydrogen-bond donors (Lipinski definition) is 1. The maximum atomic E-state index is 13.4. The maximum absolute atomic E-state index is 13.4. The number of carbonyl (C=O) groups is 1. The number of rotatable bonds is 4. The van der Waals surface area contributed by atoms with Crippen molar-refractivity contribution >= 4 is 6.09 Å². The minimum atomic E-state index is -1.08. The molecule has 0 aliphatic heterocycles. The summed E-state index contributed by atoms with van der Waals surface area (Å²) in [5.74, 6) is -0.282. The lowest BCUT2D eigenvalue weighted by Gasteiger charge is -2.41. The second-order valence-corrected chi connectivity index (χ2v) is 6.21. The van der Waals surface area contributed by atoms with Crippen LogP contribution in [0, 0.1) is 11.7 Å². The Kier molecular flexibility index (Phi) is 4.79. The molecule has 2 N–H and O–H groups in total. The third-order valence-electron chi connectivity index (χ3n) is 4.76. The first kappa shape index (κ1) is 16.4. The molecule has 0 spiro atoms. The number of ether oxygens (including phenoxy) is 1. The SMILES string of the molecule is NC(=O)OC(c1ccc(F)cc1)(c1ccccn1)C1CCCCC1. The van der Waals surface area contributed by atoms with Gasteiger partial charge >= 0.3 is 6.09 Å². The van der Waals surface area contributed by atoms with Crippen LogP contribution in [0.4, 0.5) is 9.18 Å². The fourth-order valence-corrected chi connectivity index (χ4v) is 3.73. The van der Waals surface area contributed by atoms with Crippen LogP contribution in [0.25, 0.3) is 0 Å². The summed E-state index contributed by atoms with van der Waals surface area (Å²) >= 11 is 0. The minimum Gasteiger partial charge on any atom is -0.431 e. The van der Waals surface area contributed by atoms with E-state index < -0.39 is 11.7 Å². The topological polar surface area (TPSA) is 65.2 Å². The molecular formula is C19H21FN2O2. The zero-order valence-corrected chi connectivity index (χ0v) is 13.5. The van der Waals surface area contributed by atoms with E-state index in [2.05, 4.69) is 4.98 Å². The molecule has 3 rings (SSSR count). The number of benzene rings is 1. The first-order valence-electron chi connectivity index (χ1n) is 8.29. The molecular weight excluding hydrogens is 307 g/mol. The molecule has 1 atom stereocenters. The average Bonchev–Trinajstić information content (AvgIpc) is 2.62. The summed E-state index contributed by atoms with van der Waals surface area (Å²) < 4.78 is 19.2. The monoisotopic (exact) mass is 328 g/mol. The van der Waals surface area contributed by atoms with Crippen molar-refractivity contribution in [3.8, 4) is 0 Å². The molecule has 0 bridgehead atoms. The molecule has 1 aliphatic rings. The van der Waals surface area contributed by atoms with Crippen LogP contribution in [-0.2, 0) is 10.3 Å². The average molecular weight is 328 g/mol. The zero-order valence-electron chi connectivity index (χ0n) is 13.5. The van der Waals surface area contributed by atoms with Gasteiger partial charge in [-0.1, -0.05) is 37.5 Å². The normalized spacial score (nSPS) is 17.9. The summed E-state index contributed by atoms with van der Waals surface area (Å²) in [6.45, 7) is 0. The van der Waals surface area contributed by atoms with Gasteiger partial charge < -0.3 is 10.5 Å². The van der Waals surface area contributed by atoms with E-state index in [1.807, 2.05) is 18.2 Å². The van der Waals surface area contributed by atoms with Crippen LogP contribution < -0.4 is 5.73 Å². The number of pyridine rings is 1. The number of aromatic nitrogens is 1. The van der Waals surface area contributed by atoms with Gasteiger partial charge in [0.1, 0.15) is 5.82 Å². The Morgan fingerprint density at radius 1 is 1.12 bits per heavy atom. The van der Waals surface area contributed by atoms with Crippen molar-refractivity contribution in [1.82, 2.24) is 4.98 Å². The van der Waals surface area contributed by atoms with Crippen LogP contribution in [0.5, 0.6) is 0 Å². The van der Waals surface area contributed by atoms with Crippen molar-refractivity contribution in [2.45, 2.75) is 37.7 Å². The molecule has 1 aliphatic carbocycles. The standard InChI is InChI=1S/C19H21FN2O2/c20-16-11-9-15(10-12-16)19(24-18(21)23,14-6-2-1-3-7-14)17-8-4-5-13-22-17/h4-5,8-14H,1-3,6-7H2,(H2,21,23). The Morgan fingerprint density at radius 3 is 2.42 bits per heavy atom. The highest BCUT2D eigenvalue weighted by Crippen LogP contribution is 2.46. The van der Waals surface area contributed by atoms with E-state index in [-0.39, 0.29) is 11.7 Å². The zero-order chi connectivity index (χ0) is 17.0. The van der Waals surface area contributed by atoms with Gasteiger partial charge in [0.2, 0.25) is 0 Å². The summed E-state index contributed by atoms with van der Waals surface area (Å²) in [6.07, 6.45) is 5.90. The van der Waals surface area contributed by atoms with Gasteiger partial charge in [0.25, 0.3) is 0 Å². The number of halogens is 1. The van der Waals surface area contributed by atoms with Crippen molar-refractivity contribution in [3.05, 3.63) is 65.7 Å². The van der Waals surface area contributed by atoms with E-state index >= 15 is 0 Å². The number of hydrogen-bond acceptors (Lipinski definition) is 3. The first-order chi connectivity index (χ1) is 11.6. The van der Waals surface area contributed by atoms with Gasteiger partial charge in [-0.25, -0.2) is 9.18 Å². The van der Waals surface area contributed by atoms with E-state index in [4.69, 9.17) is 10.5 Å². The Bertz CT molecular complexity index is 684. The predicted octanol–water partition coefficient (Wildman–Crippen LogP) is 4.14. The van der Waals surface area contributed by atoms with Gasteiger partial charge in [-0.2, -0.15) is 0 Å². The van der Waals surface area contributed by atoms with Crippen LogP contribution >= 0.6 is 0 Å². The molecule has 1 fully saturated rings. The second-order valence-electron chi connectivity index (χ2n) is 6.21. The van der Waals surface area contributed by atoms with E-state index in [1.54, 1.807) is 18.3 Å². The Morgan fingerprint density at radius 2 is 1.83 bits per heavy atom. The van der Waals surface area contributed by atoms with Gasteiger partial charge in [-0.3, -0.25) is 4.98 Å². The molecule has 2 aromatic rings. The highest BCUT2D eigenvalue weighted by molar-refractivity contribution is 5.66. The van der Waals surface area contributed by atoms with Gasteiger partial charge in [0, 0.05) is 17.7 Å². The molecule has 1 unspecified atom stereocenters. The van der Waals surface area contributed by atoms with E-state index in [9.17, 15) is 9.18 Å². The summed E-state index contributed by atoms with van der Waals surface area (Å²) in [6, 6.07) is 11.6. The molecule has 1 aromatic carbocycles. The molecule has 1 saturated carbocycles. The highest BCUT2D eigenvalue weighted by atomic mass is 19.1. The van der Waals surface area contributed by atoms with Crippen molar-refractivity contribution < 1.29 is 13.9 Å². The van der Waals surface area contributed by atoms with Crippen LogP contribution in [0.15, 0.2) is 48.7 Å². The predicted molar refractivity (Wildman–Crippen MR) is 88.7 cm³/mol. The van der Waals surface area contributed by atoms with Crippen LogP contribution in [-0.4, -0.2) is 11.1 Å². The molecule has 1 aromatic heterocycles. The van der Waals surface area contributed by atoms with Gasteiger partial charge in [-0.15, -0.1) is 0 Å². The Labute approximate surface area is 140 Å². The third-order valence-corrected chi connectivity index (χ3v) is 4.76. The van der Waals surface area contributed by atoms with E-state index in [0.29, 0.717) is 11.3 Å².